The summed E-state index contributed by atoms with van der Waals surface area (Å²) in [7, 11) is 0. The summed E-state index contributed by atoms with van der Waals surface area (Å²) in [5.74, 6) is -0.988. The van der Waals surface area contributed by atoms with Crippen molar-refractivity contribution in [2.75, 3.05) is 13.1 Å². The summed E-state index contributed by atoms with van der Waals surface area (Å²) in [5.41, 5.74) is 1.94. The number of nitrogens with zero attached hydrogens (tertiary/aromatic N) is 2. The maximum absolute atomic E-state index is 13.3. The van der Waals surface area contributed by atoms with Crippen molar-refractivity contribution in [3.63, 3.8) is 0 Å². The summed E-state index contributed by atoms with van der Waals surface area (Å²) < 4.78 is 26.3. The highest BCUT2D eigenvalue weighted by molar-refractivity contribution is 5.76. The Bertz CT molecular complexity index is 736. The Morgan fingerprint density at radius 2 is 1.88 bits per heavy atom. The molecule has 0 N–H and O–H groups in total. The predicted octanol–water partition coefficient (Wildman–Crippen LogP) is 4.16. The fourth-order valence-electron chi connectivity index (χ4n) is 3.55. The van der Waals surface area contributed by atoms with Gasteiger partial charge in [0.1, 0.15) is 0 Å². The van der Waals surface area contributed by atoms with E-state index in [-0.39, 0.29) is 5.91 Å². The predicted molar refractivity (Wildman–Crippen MR) is 96.5 cm³/mol. The fraction of sp³-hybridized carbons (Fsp3) is 0.429. The maximum Gasteiger partial charge on any atom is 0.222 e. The number of likely N-dealkylation sites (tertiary alicyclic amines) is 1. The number of hydrogen-bond acceptors (Lipinski definition) is 2. The van der Waals surface area contributed by atoms with Crippen LogP contribution in [0.1, 0.15) is 36.8 Å². The van der Waals surface area contributed by atoms with Gasteiger partial charge in [-0.2, -0.15) is 0 Å². The van der Waals surface area contributed by atoms with Gasteiger partial charge in [0.15, 0.2) is 11.6 Å². The van der Waals surface area contributed by atoms with Crippen LogP contribution in [0.25, 0.3) is 0 Å². The average Bonchev–Trinajstić information content (AvgIpc) is 2.68. The van der Waals surface area contributed by atoms with Gasteiger partial charge in [-0.1, -0.05) is 6.07 Å². The highest BCUT2D eigenvalue weighted by atomic mass is 19.2. The molecular formula is C21H24F2N2O. The van der Waals surface area contributed by atoms with Gasteiger partial charge in [0, 0.05) is 31.9 Å². The molecule has 0 spiro atoms. The van der Waals surface area contributed by atoms with Gasteiger partial charge < -0.3 is 4.90 Å². The van der Waals surface area contributed by atoms with E-state index in [9.17, 15) is 13.6 Å². The number of rotatable bonds is 6. The first-order valence-corrected chi connectivity index (χ1v) is 9.22. The van der Waals surface area contributed by atoms with Crippen LogP contribution in [-0.4, -0.2) is 28.9 Å². The number of halogens is 2. The third-order valence-corrected chi connectivity index (χ3v) is 5.07. The number of carbonyl (C=O) groups excluding carboxylic acids is 1. The molecule has 5 heteroatoms. The summed E-state index contributed by atoms with van der Waals surface area (Å²) in [4.78, 5) is 18.4. The Hall–Kier alpha value is -2.30. The Morgan fingerprint density at radius 1 is 1.08 bits per heavy atom. The minimum atomic E-state index is -0.808. The van der Waals surface area contributed by atoms with Gasteiger partial charge in [0.2, 0.25) is 5.91 Å². The van der Waals surface area contributed by atoms with Gasteiger partial charge >= 0.3 is 0 Å². The van der Waals surface area contributed by atoms with Gasteiger partial charge in [0.25, 0.3) is 0 Å². The first-order chi connectivity index (χ1) is 12.6. The first-order valence-electron chi connectivity index (χ1n) is 9.22. The molecule has 1 fully saturated rings. The molecule has 3 rings (SSSR count). The van der Waals surface area contributed by atoms with E-state index >= 15 is 0 Å². The Labute approximate surface area is 153 Å². The summed E-state index contributed by atoms with van der Waals surface area (Å²) in [6.07, 6.45) is 8.42. The number of amides is 1. The van der Waals surface area contributed by atoms with Crippen LogP contribution in [-0.2, 0) is 17.6 Å². The van der Waals surface area contributed by atoms with Crippen LogP contribution in [0, 0.1) is 17.6 Å². The van der Waals surface area contributed by atoms with E-state index in [4.69, 9.17) is 0 Å². The fourth-order valence-corrected chi connectivity index (χ4v) is 3.55. The summed E-state index contributed by atoms with van der Waals surface area (Å²) in [5, 5.41) is 0. The number of carbonyl (C=O) groups is 1. The minimum absolute atomic E-state index is 0.194. The average molecular weight is 358 g/mol. The molecule has 1 aliphatic heterocycles. The molecule has 3 nitrogen and oxygen atoms in total. The van der Waals surface area contributed by atoms with Gasteiger partial charge in [0.05, 0.1) is 0 Å². The van der Waals surface area contributed by atoms with Crippen molar-refractivity contribution in [2.45, 2.75) is 38.5 Å². The molecule has 26 heavy (non-hydrogen) atoms. The van der Waals surface area contributed by atoms with Crippen molar-refractivity contribution in [3.05, 3.63) is 65.5 Å². The van der Waals surface area contributed by atoms with Gasteiger partial charge in [-0.25, -0.2) is 8.78 Å². The molecule has 1 saturated heterocycles. The number of aromatic nitrogens is 1. The molecule has 138 valence electrons. The second-order valence-corrected chi connectivity index (χ2v) is 6.99. The molecule has 0 aliphatic carbocycles. The zero-order valence-corrected chi connectivity index (χ0v) is 14.8. The van der Waals surface area contributed by atoms with Crippen LogP contribution in [0.3, 0.4) is 0 Å². The molecule has 2 heterocycles. The van der Waals surface area contributed by atoms with Crippen molar-refractivity contribution in [2.24, 2.45) is 5.92 Å². The highest BCUT2D eigenvalue weighted by Gasteiger charge is 2.23. The standard InChI is InChI=1S/C21H24F2N2O/c22-19-7-5-17(14-20(19)23)3-4-18-2-1-13-25(15-18)21(26)8-6-16-9-11-24-12-10-16/h5,7,9-12,14,18H,1-4,6,8,13,15H2/t18-/m0/s1. The summed E-state index contributed by atoms with van der Waals surface area (Å²) >= 11 is 0. The molecular weight excluding hydrogens is 334 g/mol. The summed E-state index contributed by atoms with van der Waals surface area (Å²) in [6.45, 7) is 1.58. The second kappa shape index (κ2) is 8.88. The van der Waals surface area contributed by atoms with Crippen molar-refractivity contribution in [3.8, 4) is 0 Å². The zero-order valence-electron chi connectivity index (χ0n) is 14.8. The number of hydrogen-bond donors (Lipinski definition) is 0. The Morgan fingerprint density at radius 3 is 2.65 bits per heavy atom. The number of aryl methyl sites for hydroxylation is 2. The Kier molecular flexibility index (Phi) is 6.31. The third kappa shape index (κ3) is 5.10. The van der Waals surface area contributed by atoms with Gasteiger partial charge in [-0.05, 0) is 73.4 Å². The number of pyridine rings is 1. The van der Waals surface area contributed by atoms with Crippen LogP contribution >= 0.6 is 0 Å². The molecule has 1 amide bonds. The highest BCUT2D eigenvalue weighted by Crippen LogP contribution is 2.23. The minimum Gasteiger partial charge on any atom is -0.342 e. The van der Waals surface area contributed by atoms with Crippen molar-refractivity contribution in [1.82, 2.24) is 9.88 Å². The lowest BCUT2D eigenvalue weighted by atomic mass is 9.91. The lowest BCUT2D eigenvalue weighted by Crippen LogP contribution is -2.40. The van der Waals surface area contributed by atoms with Crippen molar-refractivity contribution < 1.29 is 13.6 Å². The quantitative estimate of drug-likeness (QED) is 0.777. The van der Waals surface area contributed by atoms with Crippen LogP contribution < -0.4 is 0 Å². The molecule has 0 saturated carbocycles. The Balaban J connectivity index is 1.47. The van der Waals surface area contributed by atoms with Crippen molar-refractivity contribution in [1.29, 1.82) is 0 Å². The molecule has 0 unspecified atom stereocenters. The molecule has 1 aromatic heterocycles. The lowest BCUT2D eigenvalue weighted by molar-refractivity contribution is -0.133. The lowest BCUT2D eigenvalue weighted by Gasteiger charge is -2.33. The monoisotopic (exact) mass is 358 g/mol. The smallest absolute Gasteiger partial charge is 0.222 e. The van der Waals surface area contributed by atoms with E-state index in [2.05, 4.69) is 4.98 Å². The molecule has 2 aromatic rings. The molecule has 1 atom stereocenters. The molecule has 0 radical (unpaired) electrons. The maximum atomic E-state index is 13.3. The van der Waals surface area contributed by atoms with E-state index in [1.807, 2.05) is 17.0 Å². The van der Waals surface area contributed by atoms with Crippen LogP contribution in [0.5, 0.6) is 0 Å². The molecule has 1 aromatic carbocycles. The summed E-state index contributed by atoms with van der Waals surface area (Å²) in [6, 6.07) is 7.97. The first kappa shape index (κ1) is 18.5. The third-order valence-electron chi connectivity index (χ3n) is 5.07. The zero-order chi connectivity index (χ0) is 18.4. The van der Waals surface area contributed by atoms with Gasteiger partial charge in [-0.3, -0.25) is 9.78 Å². The number of piperidine rings is 1. The van der Waals surface area contributed by atoms with E-state index < -0.39 is 11.6 Å². The van der Waals surface area contributed by atoms with Crippen LogP contribution in [0.15, 0.2) is 42.7 Å². The molecule has 1 aliphatic rings. The van der Waals surface area contributed by atoms with Crippen LogP contribution in [0.4, 0.5) is 8.78 Å². The van der Waals surface area contributed by atoms with Gasteiger partial charge in [-0.15, -0.1) is 0 Å². The largest absolute Gasteiger partial charge is 0.342 e. The van der Waals surface area contributed by atoms with E-state index in [1.54, 1.807) is 18.5 Å². The van der Waals surface area contributed by atoms with E-state index in [1.165, 1.54) is 12.1 Å². The normalized spacial score (nSPS) is 17.3. The van der Waals surface area contributed by atoms with E-state index in [0.29, 0.717) is 18.8 Å². The molecule has 0 bridgehead atoms. The van der Waals surface area contributed by atoms with Crippen LogP contribution in [0.2, 0.25) is 0 Å². The van der Waals surface area contributed by atoms with E-state index in [0.717, 1.165) is 49.9 Å². The topological polar surface area (TPSA) is 33.2 Å². The number of benzene rings is 1. The van der Waals surface area contributed by atoms with Crippen molar-refractivity contribution >= 4 is 5.91 Å². The second-order valence-electron chi connectivity index (χ2n) is 6.99. The SMILES string of the molecule is O=C(CCc1ccncc1)N1CCC[C@@H](CCc2ccc(F)c(F)c2)C1.